The van der Waals surface area contributed by atoms with Crippen LogP contribution >= 0.6 is 15.9 Å². The summed E-state index contributed by atoms with van der Waals surface area (Å²) in [7, 11) is 1.56. The molecular weight excluding hydrogens is 400 g/mol. The number of rotatable bonds is 6. The standard InChI is InChI=1S/C19H19BrN2O4/c1-13-11-15(20)8-9-16(13)26-12-19(24)22-21-18(23)10-7-14-5-3-4-6-17(14)25-2/h3-11H,12H2,1-2H3,(H,21,23)(H,22,24). The third-order valence-corrected chi connectivity index (χ3v) is 3.87. The van der Waals surface area contributed by atoms with Gasteiger partial charge in [-0.05, 0) is 42.8 Å². The molecule has 136 valence electrons. The van der Waals surface area contributed by atoms with Crippen LogP contribution in [0, 0.1) is 6.92 Å². The molecule has 2 amide bonds. The monoisotopic (exact) mass is 418 g/mol. The number of hydrogen-bond acceptors (Lipinski definition) is 4. The van der Waals surface area contributed by atoms with Crippen LogP contribution in [0.4, 0.5) is 0 Å². The van der Waals surface area contributed by atoms with E-state index in [9.17, 15) is 9.59 Å². The number of carbonyl (C=O) groups is 2. The molecule has 2 aromatic rings. The van der Waals surface area contributed by atoms with Gasteiger partial charge in [-0.1, -0.05) is 34.1 Å². The van der Waals surface area contributed by atoms with Crippen molar-refractivity contribution in [2.45, 2.75) is 6.92 Å². The van der Waals surface area contributed by atoms with Crippen LogP contribution in [0.3, 0.4) is 0 Å². The second-order valence-corrected chi connectivity index (χ2v) is 6.23. The Labute approximate surface area is 160 Å². The van der Waals surface area contributed by atoms with E-state index in [0.717, 1.165) is 15.6 Å². The number of methoxy groups -OCH3 is 1. The Bertz CT molecular complexity index is 821. The van der Waals surface area contributed by atoms with Crippen molar-refractivity contribution in [2.24, 2.45) is 0 Å². The second kappa shape index (κ2) is 9.62. The summed E-state index contributed by atoms with van der Waals surface area (Å²) in [6.45, 7) is 1.67. The molecule has 6 nitrogen and oxygen atoms in total. The zero-order valence-corrected chi connectivity index (χ0v) is 16.0. The number of hydrogen-bond donors (Lipinski definition) is 2. The fourth-order valence-corrected chi connectivity index (χ4v) is 2.57. The maximum Gasteiger partial charge on any atom is 0.276 e. The van der Waals surface area contributed by atoms with Gasteiger partial charge in [0.05, 0.1) is 7.11 Å². The summed E-state index contributed by atoms with van der Waals surface area (Å²) >= 11 is 3.36. The van der Waals surface area contributed by atoms with Gasteiger partial charge in [-0.25, -0.2) is 0 Å². The average Bonchev–Trinajstić information content (AvgIpc) is 2.64. The maximum absolute atomic E-state index is 11.8. The number of benzene rings is 2. The molecule has 26 heavy (non-hydrogen) atoms. The van der Waals surface area contributed by atoms with Crippen LogP contribution in [0.25, 0.3) is 6.08 Å². The zero-order valence-electron chi connectivity index (χ0n) is 14.4. The Morgan fingerprint density at radius 2 is 1.88 bits per heavy atom. The SMILES string of the molecule is COc1ccccc1C=CC(=O)NNC(=O)COc1ccc(Br)cc1C. The van der Waals surface area contributed by atoms with E-state index < -0.39 is 11.8 Å². The largest absolute Gasteiger partial charge is 0.496 e. The van der Waals surface area contributed by atoms with E-state index in [-0.39, 0.29) is 6.61 Å². The lowest BCUT2D eigenvalue weighted by Gasteiger charge is -2.10. The minimum Gasteiger partial charge on any atom is -0.496 e. The van der Waals surface area contributed by atoms with Gasteiger partial charge in [-0.15, -0.1) is 0 Å². The summed E-state index contributed by atoms with van der Waals surface area (Å²) in [5.41, 5.74) is 6.24. The molecule has 0 aliphatic heterocycles. The van der Waals surface area contributed by atoms with Crippen LogP contribution in [0.2, 0.25) is 0 Å². The molecule has 2 rings (SSSR count). The molecule has 2 aromatic carbocycles. The van der Waals surface area contributed by atoms with Gasteiger partial charge in [0.15, 0.2) is 6.61 Å². The minimum atomic E-state index is -0.468. The molecule has 0 saturated carbocycles. The third kappa shape index (κ3) is 5.93. The van der Waals surface area contributed by atoms with E-state index in [1.165, 1.54) is 6.08 Å². The summed E-state index contributed by atoms with van der Waals surface area (Å²) in [5, 5.41) is 0. The van der Waals surface area contributed by atoms with Crippen LogP contribution < -0.4 is 20.3 Å². The van der Waals surface area contributed by atoms with E-state index in [4.69, 9.17) is 9.47 Å². The van der Waals surface area contributed by atoms with Crippen LogP contribution in [-0.2, 0) is 9.59 Å². The molecule has 0 spiro atoms. The van der Waals surface area contributed by atoms with Gasteiger partial charge in [0, 0.05) is 16.1 Å². The van der Waals surface area contributed by atoms with Crippen molar-refractivity contribution in [1.82, 2.24) is 10.9 Å². The molecule has 0 radical (unpaired) electrons. The van der Waals surface area contributed by atoms with E-state index >= 15 is 0 Å². The van der Waals surface area contributed by atoms with Gasteiger partial charge in [0.25, 0.3) is 11.8 Å². The highest BCUT2D eigenvalue weighted by molar-refractivity contribution is 9.10. The van der Waals surface area contributed by atoms with Crippen molar-refractivity contribution in [3.05, 3.63) is 64.1 Å². The predicted octanol–water partition coefficient (Wildman–Crippen LogP) is 3.01. The number of nitrogens with one attached hydrogen (secondary N) is 2. The smallest absolute Gasteiger partial charge is 0.276 e. The summed E-state index contributed by atoms with van der Waals surface area (Å²) in [6, 6.07) is 12.8. The van der Waals surface area contributed by atoms with Crippen molar-refractivity contribution in [3.63, 3.8) is 0 Å². The van der Waals surface area contributed by atoms with Crippen LogP contribution in [0.15, 0.2) is 53.0 Å². The van der Waals surface area contributed by atoms with Gasteiger partial charge in [-0.3, -0.25) is 20.4 Å². The lowest BCUT2D eigenvalue weighted by Crippen LogP contribution is -2.43. The Morgan fingerprint density at radius 1 is 1.12 bits per heavy atom. The van der Waals surface area contributed by atoms with Crippen molar-refractivity contribution < 1.29 is 19.1 Å². The maximum atomic E-state index is 11.8. The van der Waals surface area contributed by atoms with E-state index in [0.29, 0.717) is 11.5 Å². The Balaban J connectivity index is 1.79. The number of halogens is 1. The van der Waals surface area contributed by atoms with E-state index in [1.807, 2.05) is 37.3 Å². The Hall–Kier alpha value is -2.80. The van der Waals surface area contributed by atoms with Crippen molar-refractivity contribution >= 4 is 33.8 Å². The number of carbonyl (C=O) groups excluding carboxylic acids is 2. The van der Waals surface area contributed by atoms with Crippen molar-refractivity contribution in [1.29, 1.82) is 0 Å². The highest BCUT2D eigenvalue weighted by Crippen LogP contribution is 2.22. The normalized spacial score (nSPS) is 10.4. The Kier molecular flexibility index (Phi) is 7.23. The lowest BCUT2D eigenvalue weighted by atomic mass is 10.2. The van der Waals surface area contributed by atoms with Gasteiger partial charge < -0.3 is 9.47 Å². The molecule has 0 aromatic heterocycles. The number of amides is 2. The van der Waals surface area contributed by atoms with E-state index in [2.05, 4.69) is 26.8 Å². The van der Waals surface area contributed by atoms with Gasteiger partial charge >= 0.3 is 0 Å². The number of ether oxygens (including phenoxy) is 2. The molecule has 0 unspecified atom stereocenters. The van der Waals surface area contributed by atoms with E-state index in [1.54, 1.807) is 25.3 Å². The molecule has 0 aliphatic rings. The molecule has 0 atom stereocenters. The highest BCUT2D eigenvalue weighted by atomic mass is 79.9. The van der Waals surface area contributed by atoms with Gasteiger partial charge in [-0.2, -0.15) is 0 Å². The molecule has 0 heterocycles. The summed E-state index contributed by atoms with van der Waals surface area (Å²) < 4.78 is 11.6. The number of hydrazine groups is 1. The molecular formula is C19H19BrN2O4. The topological polar surface area (TPSA) is 76.7 Å². The second-order valence-electron chi connectivity index (χ2n) is 5.31. The van der Waals surface area contributed by atoms with Crippen LogP contribution in [0.5, 0.6) is 11.5 Å². The highest BCUT2D eigenvalue weighted by Gasteiger charge is 2.06. The zero-order chi connectivity index (χ0) is 18.9. The van der Waals surface area contributed by atoms with Crippen molar-refractivity contribution in [2.75, 3.05) is 13.7 Å². The molecule has 0 bridgehead atoms. The van der Waals surface area contributed by atoms with Gasteiger partial charge in [0.1, 0.15) is 11.5 Å². The fourth-order valence-electron chi connectivity index (χ4n) is 2.10. The average molecular weight is 419 g/mol. The molecule has 0 aliphatic carbocycles. The summed E-state index contributed by atoms with van der Waals surface area (Å²) in [6.07, 6.45) is 2.90. The molecule has 0 saturated heterocycles. The number of aryl methyl sites for hydroxylation is 1. The quantitative estimate of drug-likeness (QED) is 0.558. The van der Waals surface area contributed by atoms with Crippen LogP contribution in [-0.4, -0.2) is 25.5 Å². The molecule has 7 heteroatoms. The first-order valence-corrected chi connectivity index (χ1v) is 8.58. The lowest BCUT2D eigenvalue weighted by molar-refractivity contribution is -0.128. The first kappa shape index (κ1) is 19.5. The molecule has 0 fully saturated rings. The summed E-state index contributed by atoms with van der Waals surface area (Å²) in [4.78, 5) is 23.6. The fraction of sp³-hybridized carbons (Fsp3) is 0.158. The van der Waals surface area contributed by atoms with Gasteiger partial charge in [0.2, 0.25) is 0 Å². The van der Waals surface area contributed by atoms with Crippen molar-refractivity contribution in [3.8, 4) is 11.5 Å². The number of para-hydroxylation sites is 1. The first-order valence-electron chi connectivity index (χ1n) is 7.78. The van der Waals surface area contributed by atoms with Crippen LogP contribution in [0.1, 0.15) is 11.1 Å². The molecule has 2 N–H and O–H groups in total. The third-order valence-electron chi connectivity index (χ3n) is 3.37. The predicted molar refractivity (Wildman–Crippen MR) is 103 cm³/mol. The minimum absolute atomic E-state index is 0.209. The first-order chi connectivity index (χ1) is 12.5. The summed E-state index contributed by atoms with van der Waals surface area (Å²) in [5.74, 6) is 0.319. The Morgan fingerprint density at radius 3 is 2.62 bits per heavy atom.